The van der Waals surface area contributed by atoms with Gasteiger partial charge in [0.05, 0.1) is 6.54 Å². The number of halogens is 1. The Morgan fingerprint density at radius 3 is 2.32 bits per heavy atom. The largest absolute Gasteiger partial charge is 0.325 e. The van der Waals surface area contributed by atoms with Gasteiger partial charge in [-0.2, -0.15) is 4.31 Å². The molecule has 0 saturated carbocycles. The number of sulfonamides is 1. The lowest BCUT2D eigenvalue weighted by molar-refractivity contribution is -0.116. The van der Waals surface area contributed by atoms with E-state index in [1.165, 1.54) is 18.5 Å². The van der Waals surface area contributed by atoms with E-state index in [9.17, 15) is 13.2 Å². The summed E-state index contributed by atoms with van der Waals surface area (Å²) in [6.45, 7) is 3.86. The molecule has 1 aromatic heterocycles. The third kappa shape index (κ3) is 6.13. The number of carbonyl (C=O) groups is 1. The number of aromatic nitrogens is 1. The molecule has 0 aliphatic carbocycles. The maximum absolute atomic E-state index is 13.2. The SMILES string of the molecule is CC(C)c1ccc(NC(=O)CN(Cc2ccc(Cl)cc2)S(=O)(=O)c2cccnc2)cc1. The molecule has 6 nitrogen and oxygen atoms in total. The number of nitrogens with zero attached hydrogens (tertiary/aromatic N) is 2. The number of pyridine rings is 1. The average Bonchev–Trinajstić information content (AvgIpc) is 2.75. The molecule has 0 unspecified atom stereocenters. The number of rotatable bonds is 8. The Morgan fingerprint density at radius 1 is 1.06 bits per heavy atom. The Labute approximate surface area is 187 Å². The summed E-state index contributed by atoms with van der Waals surface area (Å²) in [4.78, 5) is 16.6. The summed E-state index contributed by atoms with van der Waals surface area (Å²) in [7, 11) is -3.94. The van der Waals surface area contributed by atoms with E-state index in [1.54, 1.807) is 30.3 Å². The molecule has 162 valence electrons. The molecular formula is C23H24ClN3O3S. The van der Waals surface area contributed by atoms with Crippen LogP contribution in [-0.2, 0) is 21.4 Å². The summed E-state index contributed by atoms with van der Waals surface area (Å²) in [6, 6.07) is 17.3. The number of anilines is 1. The van der Waals surface area contributed by atoms with Crippen LogP contribution in [0.2, 0.25) is 5.02 Å². The number of hydrogen-bond acceptors (Lipinski definition) is 4. The highest BCUT2D eigenvalue weighted by atomic mass is 35.5. The molecule has 0 bridgehead atoms. The van der Waals surface area contributed by atoms with Crippen LogP contribution in [0.5, 0.6) is 0 Å². The van der Waals surface area contributed by atoms with Gasteiger partial charge in [0, 0.05) is 29.6 Å². The van der Waals surface area contributed by atoms with Crippen molar-refractivity contribution < 1.29 is 13.2 Å². The van der Waals surface area contributed by atoms with Gasteiger partial charge in [-0.3, -0.25) is 9.78 Å². The Kier molecular flexibility index (Phi) is 7.43. The van der Waals surface area contributed by atoms with E-state index >= 15 is 0 Å². The molecule has 0 radical (unpaired) electrons. The summed E-state index contributed by atoms with van der Waals surface area (Å²) in [5.74, 6) is -0.0528. The smallest absolute Gasteiger partial charge is 0.245 e. The number of amides is 1. The Balaban J connectivity index is 1.81. The first kappa shape index (κ1) is 22.9. The van der Waals surface area contributed by atoms with E-state index in [0.29, 0.717) is 22.2 Å². The lowest BCUT2D eigenvalue weighted by Crippen LogP contribution is -2.37. The maximum Gasteiger partial charge on any atom is 0.245 e. The zero-order valence-corrected chi connectivity index (χ0v) is 18.9. The van der Waals surface area contributed by atoms with Crippen molar-refractivity contribution in [2.75, 3.05) is 11.9 Å². The molecule has 1 heterocycles. The molecule has 0 aliphatic rings. The minimum atomic E-state index is -3.94. The summed E-state index contributed by atoms with van der Waals surface area (Å²) < 4.78 is 27.5. The van der Waals surface area contributed by atoms with Crippen LogP contribution in [0.25, 0.3) is 0 Å². The lowest BCUT2D eigenvalue weighted by atomic mass is 10.0. The highest BCUT2D eigenvalue weighted by molar-refractivity contribution is 7.89. The fourth-order valence-corrected chi connectivity index (χ4v) is 4.46. The maximum atomic E-state index is 13.2. The zero-order valence-electron chi connectivity index (χ0n) is 17.3. The molecular weight excluding hydrogens is 434 g/mol. The Hall–Kier alpha value is -2.74. The quantitative estimate of drug-likeness (QED) is 0.532. The topological polar surface area (TPSA) is 79.4 Å². The van der Waals surface area contributed by atoms with Gasteiger partial charge in [0.1, 0.15) is 4.90 Å². The van der Waals surface area contributed by atoms with E-state index in [2.05, 4.69) is 24.1 Å². The van der Waals surface area contributed by atoms with Crippen molar-refractivity contribution in [3.63, 3.8) is 0 Å². The minimum Gasteiger partial charge on any atom is -0.325 e. The predicted molar refractivity (Wildman–Crippen MR) is 122 cm³/mol. The third-order valence-electron chi connectivity index (χ3n) is 4.73. The number of carbonyl (C=O) groups excluding carboxylic acids is 1. The van der Waals surface area contributed by atoms with Crippen molar-refractivity contribution in [3.05, 3.63) is 89.2 Å². The molecule has 1 amide bonds. The van der Waals surface area contributed by atoms with Gasteiger partial charge < -0.3 is 5.32 Å². The molecule has 3 aromatic rings. The molecule has 2 aromatic carbocycles. The monoisotopic (exact) mass is 457 g/mol. The van der Waals surface area contributed by atoms with Gasteiger partial charge in [-0.15, -0.1) is 0 Å². The van der Waals surface area contributed by atoms with Gasteiger partial charge in [0.15, 0.2) is 0 Å². The van der Waals surface area contributed by atoms with Crippen molar-refractivity contribution in [3.8, 4) is 0 Å². The summed E-state index contributed by atoms with van der Waals surface area (Å²) >= 11 is 5.93. The van der Waals surface area contributed by atoms with E-state index in [1.807, 2.05) is 24.3 Å². The van der Waals surface area contributed by atoms with Crippen LogP contribution < -0.4 is 5.32 Å². The lowest BCUT2D eigenvalue weighted by Gasteiger charge is -2.22. The molecule has 0 atom stereocenters. The molecule has 3 rings (SSSR count). The highest BCUT2D eigenvalue weighted by Gasteiger charge is 2.27. The fourth-order valence-electron chi connectivity index (χ4n) is 2.98. The Morgan fingerprint density at radius 2 is 1.74 bits per heavy atom. The van der Waals surface area contributed by atoms with Crippen LogP contribution >= 0.6 is 11.6 Å². The second-order valence-electron chi connectivity index (χ2n) is 7.41. The molecule has 31 heavy (non-hydrogen) atoms. The van der Waals surface area contributed by atoms with Crippen LogP contribution in [0.1, 0.15) is 30.9 Å². The van der Waals surface area contributed by atoms with Gasteiger partial charge >= 0.3 is 0 Å². The number of hydrogen-bond donors (Lipinski definition) is 1. The van der Waals surface area contributed by atoms with Gasteiger partial charge in [-0.05, 0) is 53.4 Å². The van der Waals surface area contributed by atoms with Crippen molar-refractivity contribution in [2.45, 2.75) is 31.2 Å². The predicted octanol–water partition coefficient (Wildman–Crippen LogP) is 4.69. The molecule has 0 aliphatic heterocycles. The fraction of sp³-hybridized carbons (Fsp3) is 0.217. The second kappa shape index (κ2) is 10.0. The van der Waals surface area contributed by atoms with Gasteiger partial charge in [-0.1, -0.05) is 49.7 Å². The van der Waals surface area contributed by atoms with Crippen LogP contribution in [0, 0.1) is 0 Å². The normalized spacial score (nSPS) is 11.6. The van der Waals surface area contributed by atoms with E-state index in [0.717, 1.165) is 9.87 Å². The van der Waals surface area contributed by atoms with Crippen molar-refractivity contribution in [1.29, 1.82) is 0 Å². The summed E-state index contributed by atoms with van der Waals surface area (Å²) in [5, 5.41) is 3.32. The molecule has 0 saturated heterocycles. The number of benzene rings is 2. The standard InChI is InChI=1S/C23H24ClN3O3S/c1-17(2)19-7-11-21(12-8-19)26-23(28)16-27(15-18-5-9-20(24)10-6-18)31(29,30)22-4-3-13-25-14-22/h3-14,17H,15-16H2,1-2H3,(H,26,28). The molecule has 0 spiro atoms. The summed E-state index contributed by atoms with van der Waals surface area (Å²) in [6.07, 6.45) is 2.77. The first-order chi connectivity index (χ1) is 14.8. The minimum absolute atomic E-state index is 0.0219. The van der Waals surface area contributed by atoms with E-state index in [4.69, 9.17) is 11.6 Å². The number of nitrogens with one attached hydrogen (secondary N) is 1. The van der Waals surface area contributed by atoms with Gasteiger partial charge in [0.2, 0.25) is 15.9 Å². The highest BCUT2D eigenvalue weighted by Crippen LogP contribution is 2.20. The van der Waals surface area contributed by atoms with E-state index < -0.39 is 15.9 Å². The molecule has 8 heteroatoms. The third-order valence-corrected chi connectivity index (χ3v) is 6.75. The van der Waals surface area contributed by atoms with Crippen LogP contribution in [-0.4, -0.2) is 30.2 Å². The molecule has 1 N–H and O–H groups in total. The van der Waals surface area contributed by atoms with Crippen LogP contribution in [0.15, 0.2) is 78.0 Å². The van der Waals surface area contributed by atoms with E-state index in [-0.39, 0.29) is 18.0 Å². The Bertz CT molecular complexity index is 1120. The van der Waals surface area contributed by atoms with Gasteiger partial charge in [0.25, 0.3) is 0 Å². The second-order valence-corrected chi connectivity index (χ2v) is 9.79. The first-order valence-corrected chi connectivity index (χ1v) is 11.6. The molecule has 0 fully saturated rings. The van der Waals surface area contributed by atoms with Crippen LogP contribution in [0.3, 0.4) is 0 Å². The van der Waals surface area contributed by atoms with Crippen LogP contribution in [0.4, 0.5) is 5.69 Å². The van der Waals surface area contributed by atoms with Crippen molar-refractivity contribution in [1.82, 2.24) is 9.29 Å². The average molecular weight is 458 g/mol. The van der Waals surface area contributed by atoms with Gasteiger partial charge in [-0.25, -0.2) is 8.42 Å². The zero-order chi connectivity index (χ0) is 22.4. The van der Waals surface area contributed by atoms with Crippen molar-refractivity contribution in [2.24, 2.45) is 0 Å². The first-order valence-electron chi connectivity index (χ1n) is 9.80. The summed E-state index contributed by atoms with van der Waals surface area (Å²) in [5.41, 5.74) is 2.48. The van der Waals surface area contributed by atoms with Crippen molar-refractivity contribution >= 4 is 33.2 Å².